The highest BCUT2D eigenvalue weighted by molar-refractivity contribution is 9.10. The lowest BCUT2D eigenvalue weighted by molar-refractivity contribution is -0.127. The molecule has 0 radical (unpaired) electrons. The van der Waals surface area contributed by atoms with Crippen molar-refractivity contribution < 1.29 is 9.53 Å². The van der Waals surface area contributed by atoms with E-state index in [1.54, 1.807) is 0 Å². The number of ketones is 1. The van der Waals surface area contributed by atoms with Crippen LogP contribution in [0.5, 0.6) is 0 Å². The monoisotopic (exact) mass is 308 g/mol. The predicted octanol–water partition coefficient (Wildman–Crippen LogP) is 3.48. The molecule has 0 amide bonds. The van der Waals surface area contributed by atoms with Crippen molar-refractivity contribution in [3.05, 3.63) is 34.3 Å². The first-order valence-corrected chi connectivity index (χ1v) is 7.36. The lowest BCUT2D eigenvalue weighted by Gasteiger charge is -2.49. The van der Waals surface area contributed by atoms with Gasteiger partial charge in [-0.2, -0.15) is 0 Å². The van der Waals surface area contributed by atoms with Gasteiger partial charge in [-0.3, -0.25) is 4.79 Å². The van der Waals surface area contributed by atoms with Crippen LogP contribution in [0.1, 0.15) is 31.2 Å². The van der Waals surface area contributed by atoms with E-state index in [2.05, 4.69) is 34.1 Å². The van der Waals surface area contributed by atoms with Crippen LogP contribution in [-0.4, -0.2) is 19.0 Å². The summed E-state index contributed by atoms with van der Waals surface area (Å²) < 4.78 is 6.69. The first kappa shape index (κ1) is 12.4. The normalized spacial score (nSPS) is 23.7. The molecular weight excluding hydrogens is 292 g/mol. The Hall–Kier alpha value is -0.670. The van der Waals surface area contributed by atoms with Crippen LogP contribution >= 0.6 is 15.9 Å². The van der Waals surface area contributed by atoms with Crippen molar-refractivity contribution in [2.24, 2.45) is 5.92 Å². The van der Waals surface area contributed by atoms with Crippen molar-refractivity contribution in [1.29, 1.82) is 0 Å². The maximum Gasteiger partial charge on any atom is 0.132 e. The third-order valence-corrected chi connectivity index (χ3v) is 5.15. The molecule has 1 aliphatic carbocycles. The van der Waals surface area contributed by atoms with Crippen molar-refractivity contribution in [3.8, 4) is 0 Å². The number of carbonyl (C=O) groups is 1. The van der Waals surface area contributed by atoms with Crippen LogP contribution in [0.3, 0.4) is 0 Å². The molecule has 0 unspecified atom stereocenters. The van der Waals surface area contributed by atoms with Crippen LogP contribution in [-0.2, 0) is 14.9 Å². The van der Waals surface area contributed by atoms with Crippen molar-refractivity contribution in [1.82, 2.24) is 0 Å². The van der Waals surface area contributed by atoms with Crippen LogP contribution in [0.4, 0.5) is 0 Å². The van der Waals surface area contributed by atoms with Gasteiger partial charge in [-0.1, -0.05) is 34.1 Å². The number of benzene rings is 1. The Morgan fingerprint density at radius 2 is 1.83 bits per heavy atom. The van der Waals surface area contributed by atoms with E-state index in [1.165, 1.54) is 10.0 Å². The summed E-state index contributed by atoms with van der Waals surface area (Å²) in [7, 11) is 0. The molecule has 1 saturated heterocycles. The minimum Gasteiger partial charge on any atom is -0.379 e. The number of rotatable bonds is 2. The Labute approximate surface area is 116 Å². The molecular formula is C15H17BrO2. The molecule has 18 heavy (non-hydrogen) atoms. The molecule has 1 aromatic rings. The average Bonchev–Trinajstić information content (AvgIpc) is 2.32. The smallest absolute Gasteiger partial charge is 0.132 e. The Kier molecular flexibility index (Phi) is 3.29. The van der Waals surface area contributed by atoms with Gasteiger partial charge in [0.2, 0.25) is 0 Å². The van der Waals surface area contributed by atoms with Crippen LogP contribution in [0, 0.1) is 5.92 Å². The van der Waals surface area contributed by atoms with Crippen molar-refractivity contribution in [2.45, 2.75) is 31.1 Å². The zero-order chi connectivity index (χ0) is 12.6. The predicted molar refractivity (Wildman–Crippen MR) is 73.6 cm³/mol. The molecule has 2 aliphatic rings. The topological polar surface area (TPSA) is 26.3 Å². The van der Waals surface area contributed by atoms with Gasteiger partial charge >= 0.3 is 0 Å². The summed E-state index contributed by atoms with van der Waals surface area (Å²) in [6.07, 6.45) is 3.53. The SMILES string of the molecule is O=C1CCC(C2(c3ccccc3Br)COC2)CC1. The standard InChI is InChI=1S/C15H17BrO2/c16-14-4-2-1-3-13(14)15(9-18-10-15)11-5-7-12(17)8-6-11/h1-4,11H,5-10H2. The fourth-order valence-electron chi connectivity index (χ4n) is 3.29. The van der Waals surface area contributed by atoms with E-state index >= 15 is 0 Å². The summed E-state index contributed by atoms with van der Waals surface area (Å²) in [6.45, 7) is 1.60. The zero-order valence-electron chi connectivity index (χ0n) is 10.3. The maximum atomic E-state index is 11.4. The number of Topliss-reactive ketones (excluding diaryl/α,β-unsaturated/α-hetero) is 1. The third-order valence-electron chi connectivity index (χ3n) is 4.45. The number of hydrogen-bond donors (Lipinski definition) is 0. The van der Waals surface area contributed by atoms with E-state index in [1.807, 2.05) is 6.07 Å². The van der Waals surface area contributed by atoms with Gasteiger partial charge in [-0.25, -0.2) is 0 Å². The molecule has 2 fully saturated rings. The fraction of sp³-hybridized carbons (Fsp3) is 0.533. The number of halogens is 1. The van der Waals surface area contributed by atoms with Gasteiger partial charge in [0.15, 0.2) is 0 Å². The van der Waals surface area contributed by atoms with Gasteiger partial charge in [-0.15, -0.1) is 0 Å². The van der Waals surface area contributed by atoms with E-state index in [4.69, 9.17) is 4.74 Å². The molecule has 1 aliphatic heterocycles. The first-order chi connectivity index (χ1) is 8.72. The molecule has 1 aromatic carbocycles. The molecule has 96 valence electrons. The number of ether oxygens (including phenoxy) is 1. The Morgan fingerprint density at radius 3 is 2.39 bits per heavy atom. The maximum absolute atomic E-state index is 11.4. The van der Waals surface area contributed by atoms with Gasteiger partial charge < -0.3 is 4.74 Å². The van der Waals surface area contributed by atoms with Crippen LogP contribution < -0.4 is 0 Å². The van der Waals surface area contributed by atoms with Crippen LogP contribution in [0.2, 0.25) is 0 Å². The van der Waals surface area contributed by atoms with Crippen molar-refractivity contribution in [3.63, 3.8) is 0 Å². The number of hydrogen-bond acceptors (Lipinski definition) is 2. The molecule has 0 bridgehead atoms. The van der Waals surface area contributed by atoms with Gasteiger partial charge in [-0.05, 0) is 30.4 Å². The average molecular weight is 309 g/mol. The van der Waals surface area contributed by atoms with E-state index in [9.17, 15) is 4.79 Å². The second kappa shape index (κ2) is 4.78. The minimum atomic E-state index is 0.140. The molecule has 1 saturated carbocycles. The Morgan fingerprint density at radius 1 is 1.17 bits per heavy atom. The van der Waals surface area contributed by atoms with E-state index in [0.29, 0.717) is 11.7 Å². The van der Waals surface area contributed by atoms with Gasteiger partial charge in [0.25, 0.3) is 0 Å². The molecule has 0 spiro atoms. The first-order valence-electron chi connectivity index (χ1n) is 6.57. The van der Waals surface area contributed by atoms with Crippen molar-refractivity contribution >= 4 is 21.7 Å². The molecule has 2 nitrogen and oxygen atoms in total. The lowest BCUT2D eigenvalue weighted by atomic mass is 9.63. The Bertz CT molecular complexity index is 455. The second-order valence-electron chi connectivity index (χ2n) is 5.44. The quantitative estimate of drug-likeness (QED) is 0.836. The third kappa shape index (κ3) is 1.94. The van der Waals surface area contributed by atoms with Gasteiger partial charge in [0.1, 0.15) is 5.78 Å². The van der Waals surface area contributed by atoms with Gasteiger partial charge in [0, 0.05) is 22.7 Å². The Balaban J connectivity index is 1.91. The molecule has 1 heterocycles. The van der Waals surface area contributed by atoms with Crippen molar-refractivity contribution in [2.75, 3.05) is 13.2 Å². The zero-order valence-corrected chi connectivity index (χ0v) is 11.9. The number of carbonyl (C=O) groups excluding carboxylic acids is 1. The summed E-state index contributed by atoms with van der Waals surface area (Å²) in [5.41, 5.74) is 1.50. The summed E-state index contributed by atoms with van der Waals surface area (Å²) in [4.78, 5) is 11.4. The summed E-state index contributed by atoms with van der Waals surface area (Å²) in [6, 6.07) is 8.44. The molecule has 3 rings (SSSR count). The van der Waals surface area contributed by atoms with E-state index in [0.717, 1.165) is 38.9 Å². The highest BCUT2D eigenvalue weighted by atomic mass is 79.9. The summed E-state index contributed by atoms with van der Waals surface area (Å²) >= 11 is 3.66. The lowest BCUT2D eigenvalue weighted by Crippen LogP contribution is -2.53. The van der Waals surface area contributed by atoms with Crippen LogP contribution in [0.15, 0.2) is 28.7 Å². The molecule has 0 N–H and O–H groups in total. The van der Waals surface area contributed by atoms with Gasteiger partial charge in [0.05, 0.1) is 13.2 Å². The second-order valence-corrected chi connectivity index (χ2v) is 6.30. The minimum absolute atomic E-state index is 0.140. The highest BCUT2D eigenvalue weighted by Gasteiger charge is 2.48. The molecule has 0 aromatic heterocycles. The summed E-state index contributed by atoms with van der Waals surface area (Å²) in [5.74, 6) is 1.01. The van der Waals surface area contributed by atoms with Crippen LogP contribution in [0.25, 0.3) is 0 Å². The summed E-state index contributed by atoms with van der Waals surface area (Å²) in [5, 5.41) is 0. The fourth-order valence-corrected chi connectivity index (χ4v) is 3.97. The molecule has 3 heteroatoms. The highest BCUT2D eigenvalue weighted by Crippen LogP contribution is 2.47. The molecule has 0 atom stereocenters. The van der Waals surface area contributed by atoms with E-state index < -0.39 is 0 Å². The van der Waals surface area contributed by atoms with E-state index in [-0.39, 0.29) is 5.41 Å². The largest absolute Gasteiger partial charge is 0.379 e.